The maximum Gasteiger partial charge on any atom is 0.216 e. The first-order chi connectivity index (χ1) is 11.1. The summed E-state index contributed by atoms with van der Waals surface area (Å²) in [6.07, 6.45) is 2.63. The molecule has 0 radical (unpaired) electrons. The number of aromatic nitrogens is 3. The highest BCUT2D eigenvalue weighted by molar-refractivity contribution is 9.10. The van der Waals surface area contributed by atoms with Gasteiger partial charge in [-0.2, -0.15) is 14.9 Å². The lowest BCUT2D eigenvalue weighted by Gasteiger charge is -2.14. The lowest BCUT2D eigenvalue weighted by Crippen LogP contribution is -2.02. The van der Waals surface area contributed by atoms with E-state index in [9.17, 15) is 0 Å². The Morgan fingerprint density at radius 1 is 1.39 bits per heavy atom. The number of ether oxygens (including phenoxy) is 2. The monoisotopic (exact) mass is 398 g/mol. The molecule has 1 aromatic heterocycles. The molecular formula is C15H19BrN4O2S. The molecule has 1 aromatic carbocycles. The maximum atomic E-state index is 5.76. The van der Waals surface area contributed by atoms with Crippen molar-refractivity contribution in [2.24, 2.45) is 5.10 Å². The van der Waals surface area contributed by atoms with Gasteiger partial charge in [-0.25, -0.2) is 0 Å². The Hall–Kier alpha value is -1.67. The number of hydrogen-bond donors (Lipinski definition) is 1. The summed E-state index contributed by atoms with van der Waals surface area (Å²) < 4.78 is 14.3. The van der Waals surface area contributed by atoms with E-state index in [1.807, 2.05) is 26.0 Å². The summed E-state index contributed by atoms with van der Waals surface area (Å²) in [6.45, 7) is 7.02. The van der Waals surface area contributed by atoms with E-state index < -0.39 is 0 Å². The van der Waals surface area contributed by atoms with Gasteiger partial charge in [-0.1, -0.05) is 6.92 Å². The third-order valence-electron chi connectivity index (χ3n) is 2.92. The van der Waals surface area contributed by atoms with Crippen molar-refractivity contribution in [3.8, 4) is 11.5 Å². The molecule has 0 aliphatic carbocycles. The molecule has 0 saturated carbocycles. The summed E-state index contributed by atoms with van der Waals surface area (Å²) in [5.41, 5.74) is 0.867. The summed E-state index contributed by atoms with van der Waals surface area (Å²) in [5.74, 6) is 2.09. The molecule has 0 aliphatic heterocycles. The fourth-order valence-corrected chi connectivity index (χ4v) is 2.70. The quantitative estimate of drug-likeness (QED) is 0.563. The smallest absolute Gasteiger partial charge is 0.216 e. The fraction of sp³-hybridized carbons (Fsp3) is 0.400. The molecule has 6 nitrogen and oxygen atoms in total. The van der Waals surface area contributed by atoms with Gasteiger partial charge in [0.05, 0.1) is 23.9 Å². The first-order valence-corrected chi connectivity index (χ1v) is 8.54. The number of benzene rings is 1. The van der Waals surface area contributed by atoms with Crippen LogP contribution in [0, 0.1) is 11.7 Å². The van der Waals surface area contributed by atoms with E-state index in [2.05, 4.69) is 38.2 Å². The largest absolute Gasteiger partial charge is 0.490 e. The van der Waals surface area contributed by atoms with Crippen molar-refractivity contribution in [3.63, 3.8) is 0 Å². The minimum atomic E-state index is 0.450. The molecule has 124 valence electrons. The van der Waals surface area contributed by atoms with E-state index in [1.165, 1.54) is 0 Å². The molecule has 0 bridgehead atoms. The van der Waals surface area contributed by atoms with Crippen LogP contribution in [0.3, 0.4) is 0 Å². The number of aryl methyl sites for hydroxylation is 1. The van der Waals surface area contributed by atoms with Crippen LogP contribution in [-0.4, -0.2) is 34.3 Å². The summed E-state index contributed by atoms with van der Waals surface area (Å²) in [6, 6.07) is 3.82. The minimum Gasteiger partial charge on any atom is -0.490 e. The first-order valence-electron chi connectivity index (χ1n) is 7.34. The molecule has 0 spiro atoms. The van der Waals surface area contributed by atoms with Crippen molar-refractivity contribution in [3.05, 3.63) is 32.8 Å². The van der Waals surface area contributed by atoms with E-state index >= 15 is 0 Å². The number of aromatic amines is 1. The summed E-state index contributed by atoms with van der Waals surface area (Å²) in [5, 5.41) is 11.1. The fourth-order valence-electron chi connectivity index (χ4n) is 1.90. The number of halogens is 1. The number of hydrogen-bond acceptors (Lipinski definition) is 5. The van der Waals surface area contributed by atoms with E-state index in [1.54, 1.807) is 10.9 Å². The van der Waals surface area contributed by atoms with Crippen LogP contribution in [-0.2, 0) is 0 Å². The van der Waals surface area contributed by atoms with Crippen LogP contribution in [0.2, 0.25) is 0 Å². The maximum absolute atomic E-state index is 5.76. The van der Waals surface area contributed by atoms with Crippen LogP contribution in [0.15, 0.2) is 21.7 Å². The van der Waals surface area contributed by atoms with Gasteiger partial charge in [0.25, 0.3) is 0 Å². The van der Waals surface area contributed by atoms with Gasteiger partial charge in [0, 0.05) is 0 Å². The lowest BCUT2D eigenvalue weighted by molar-refractivity contribution is 0.275. The first kappa shape index (κ1) is 17.7. The Morgan fingerprint density at radius 2 is 2.17 bits per heavy atom. The van der Waals surface area contributed by atoms with Crippen LogP contribution in [0.25, 0.3) is 0 Å². The molecule has 0 saturated heterocycles. The predicted molar refractivity (Wildman–Crippen MR) is 96.2 cm³/mol. The van der Waals surface area contributed by atoms with Gasteiger partial charge < -0.3 is 9.47 Å². The van der Waals surface area contributed by atoms with Crippen molar-refractivity contribution in [2.75, 3.05) is 13.2 Å². The molecule has 0 amide bonds. The van der Waals surface area contributed by atoms with Crippen molar-refractivity contribution >= 4 is 34.4 Å². The summed E-state index contributed by atoms with van der Waals surface area (Å²) in [4.78, 5) is 0. The van der Waals surface area contributed by atoms with Crippen molar-refractivity contribution in [1.29, 1.82) is 0 Å². The van der Waals surface area contributed by atoms with Gasteiger partial charge in [-0.15, -0.1) is 0 Å². The zero-order valence-electron chi connectivity index (χ0n) is 13.3. The SMILES string of the molecule is CCCOc1c(Br)cc(/C=N\n2c(C)n[nH]c2=S)cc1OCC. The molecule has 8 heteroatoms. The second kappa shape index (κ2) is 8.26. The topological polar surface area (TPSA) is 64.4 Å². The van der Waals surface area contributed by atoms with E-state index in [0.717, 1.165) is 16.5 Å². The van der Waals surface area contributed by atoms with Crippen LogP contribution in [0.4, 0.5) is 0 Å². The molecular weight excluding hydrogens is 380 g/mol. The Labute approximate surface area is 148 Å². The molecule has 1 N–H and O–H groups in total. The van der Waals surface area contributed by atoms with Crippen molar-refractivity contribution < 1.29 is 9.47 Å². The number of nitrogens with one attached hydrogen (secondary N) is 1. The number of H-pyrrole nitrogens is 1. The molecule has 2 rings (SSSR count). The van der Waals surface area contributed by atoms with E-state index in [0.29, 0.717) is 35.3 Å². The molecule has 0 atom stereocenters. The normalized spacial score (nSPS) is 11.1. The third kappa shape index (κ3) is 4.42. The molecule has 2 aromatic rings. The van der Waals surface area contributed by atoms with Gasteiger partial charge in [0.2, 0.25) is 4.77 Å². The molecule has 0 fully saturated rings. The Balaban J connectivity index is 2.34. The van der Waals surface area contributed by atoms with Crippen LogP contribution < -0.4 is 9.47 Å². The molecule has 0 unspecified atom stereocenters. The number of rotatable bonds is 7. The van der Waals surface area contributed by atoms with Crippen molar-refractivity contribution in [2.45, 2.75) is 27.2 Å². The van der Waals surface area contributed by atoms with E-state index in [-0.39, 0.29) is 0 Å². The summed E-state index contributed by atoms with van der Waals surface area (Å²) in [7, 11) is 0. The number of nitrogens with zero attached hydrogens (tertiary/aromatic N) is 3. The average molecular weight is 399 g/mol. The molecule has 23 heavy (non-hydrogen) atoms. The zero-order valence-corrected chi connectivity index (χ0v) is 15.7. The highest BCUT2D eigenvalue weighted by Gasteiger charge is 2.11. The van der Waals surface area contributed by atoms with Crippen LogP contribution >= 0.6 is 28.1 Å². The Morgan fingerprint density at radius 3 is 2.78 bits per heavy atom. The van der Waals surface area contributed by atoms with Crippen LogP contribution in [0.5, 0.6) is 11.5 Å². The van der Waals surface area contributed by atoms with Crippen molar-refractivity contribution in [1.82, 2.24) is 14.9 Å². The average Bonchev–Trinajstić information content (AvgIpc) is 2.83. The predicted octanol–water partition coefficient (Wildman–Crippen LogP) is 4.08. The Kier molecular flexibility index (Phi) is 6.35. The van der Waals surface area contributed by atoms with E-state index in [4.69, 9.17) is 21.7 Å². The standard InChI is InChI=1S/C15H19BrN4O2S/c1-4-6-22-14-12(16)7-11(8-13(14)21-5-2)9-17-20-10(3)18-19-15(20)23/h7-9H,4-6H2,1-3H3,(H,19,23)/b17-9-. The third-order valence-corrected chi connectivity index (χ3v) is 3.77. The second-order valence-electron chi connectivity index (χ2n) is 4.74. The molecule has 1 heterocycles. The highest BCUT2D eigenvalue weighted by atomic mass is 79.9. The minimum absolute atomic E-state index is 0.450. The van der Waals surface area contributed by atoms with Gasteiger partial charge in [-0.3, -0.25) is 5.10 Å². The highest BCUT2D eigenvalue weighted by Crippen LogP contribution is 2.36. The summed E-state index contributed by atoms with van der Waals surface area (Å²) >= 11 is 8.66. The molecule has 0 aliphatic rings. The van der Waals surface area contributed by atoms with Gasteiger partial charge in [0.1, 0.15) is 5.82 Å². The Bertz CT molecular complexity index is 754. The van der Waals surface area contributed by atoms with Gasteiger partial charge in [-0.05, 0) is 66.1 Å². The second-order valence-corrected chi connectivity index (χ2v) is 5.98. The van der Waals surface area contributed by atoms with Gasteiger partial charge in [0.15, 0.2) is 11.5 Å². The van der Waals surface area contributed by atoms with Gasteiger partial charge >= 0.3 is 0 Å². The lowest BCUT2D eigenvalue weighted by atomic mass is 10.2. The zero-order chi connectivity index (χ0) is 16.8. The van der Waals surface area contributed by atoms with Crippen LogP contribution in [0.1, 0.15) is 31.7 Å².